The summed E-state index contributed by atoms with van der Waals surface area (Å²) in [6, 6.07) is 3.55. The summed E-state index contributed by atoms with van der Waals surface area (Å²) in [6.07, 6.45) is 0.348. The minimum atomic E-state index is -0.588. The molecule has 0 radical (unpaired) electrons. The van der Waals surface area contributed by atoms with Crippen LogP contribution in [0.3, 0.4) is 0 Å². The number of hydrogen-bond acceptors (Lipinski definition) is 6. The van der Waals surface area contributed by atoms with E-state index in [1.54, 1.807) is 12.1 Å². The number of amides is 1. The lowest BCUT2D eigenvalue weighted by Crippen LogP contribution is -2.46. The van der Waals surface area contributed by atoms with E-state index < -0.39 is 5.92 Å². The van der Waals surface area contributed by atoms with Gasteiger partial charge in [-0.1, -0.05) is 0 Å². The molecule has 1 atom stereocenters. The van der Waals surface area contributed by atoms with Crippen LogP contribution in [0, 0.1) is 5.92 Å². The van der Waals surface area contributed by atoms with Crippen LogP contribution in [-0.4, -0.2) is 38.2 Å². The molecule has 8 heteroatoms. The molecule has 22 heavy (non-hydrogen) atoms. The number of methoxy groups -OCH3 is 3. The maximum Gasteiger partial charge on any atom is 0.237 e. The standard InChI is InChI=1S/C14H17N3O4S/c1-19-9-5-7(6-10(20-2)11(9)21-3)4-8-12(15)16-14(22)17-13(8)18/h5-6,8H,4H2,1-3H3,(H3,15,16,17,18,22). The first-order valence-electron chi connectivity index (χ1n) is 6.48. The topological polar surface area (TPSA) is 95.2 Å². The summed E-state index contributed by atoms with van der Waals surface area (Å²) in [5.41, 5.74) is 6.63. The predicted molar refractivity (Wildman–Crippen MR) is 85.7 cm³/mol. The number of carbonyl (C=O) groups is 1. The number of hydrogen-bond donors (Lipinski definition) is 2. The minimum absolute atomic E-state index is 0.0867. The fourth-order valence-electron chi connectivity index (χ4n) is 2.24. The third-order valence-corrected chi connectivity index (χ3v) is 3.49. The van der Waals surface area contributed by atoms with Crippen molar-refractivity contribution >= 4 is 29.1 Å². The van der Waals surface area contributed by atoms with Gasteiger partial charge in [-0.05, 0) is 36.3 Å². The Bertz CT molecular complexity index is 620. The van der Waals surface area contributed by atoms with E-state index in [0.717, 1.165) is 5.56 Å². The van der Waals surface area contributed by atoms with Gasteiger partial charge in [-0.15, -0.1) is 0 Å². The van der Waals surface area contributed by atoms with E-state index >= 15 is 0 Å². The zero-order valence-corrected chi connectivity index (χ0v) is 13.3. The zero-order valence-electron chi connectivity index (χ0n) is 12.5. The molecular weight excluding hydrogens is 306 g/mol. The van der Waals surface area contributed by atoms with Gasteiger partial charge in [0, 0.05) is 0 Å². The fourth-order valence-corrected chi connectivity index (χ4v) is 2.44. The molecule has 1 aromatic rings. The van der Waals surface area contributed by atoms with Gasteiger partial charge in [0.25, 0.3) is 0 Å². The van der Waals surface area contributed by atoms with Crippen LogP contribution in [0.4, 0.5) is 0 Å². The lowest BCUT2D eigenvalue weighted by Gasteiger charge is -2.21. The van der Waals surface area contributed by atoms with E-state index in [2.05, 4.69) is 10.3 Å². The molecule has 7 nitrogen and oxygen atoms in total. The number of rotatable bonds is 5. The molecule has 1 aromatic carbocycles. The number of aliphatic imine (C=N–C) groups is 1. The zero-order chi connectivity index (χ0) is 16.3. The van der Waals surface area contributed by atoms with Crippen molar-refractivity contribution < 1.29 is 19.0 Å². The summed E-state index contributed by atoms with van der Waals surface area (Å²) in [4.78, 5) is 15.9. The van der Waals surface area contributed by atoms with Crippen LogP contribution in [0.5, 0.6) is 17.2 Å². The van der Waals surface area contributed by atoms with Gasteiger partial charge in [0.05, 0.1) is 27.2 Å². The van der Waals surface area contributed by atoms with Gasteiger partial charge in [0.2, 0.25) is 16.8 Å². The molecule has 1 unspecified atom stereocenters. The fraction of sp³-hybridized carbons (Fsp3) is 0.357. The Morgan fingerprint density at radius 3 is 2.27 bits per heavy atom. The average Bonchev–Trinajstić information content (AvgIpc) is 2.49. The minimum Gasteiger partial charge on any atom is -0.493 e. The van der Waals surface area contributed by atoms with E-state index in [9.17, 15) is 4.79 Å². The van der Waals surface area contributed by atoms with Crippen molar-refractivity contribution in [2.75, 3.05) is 21.3 Å². The van der Waals surface area contributed by atoms with Gasteiger partial charge in [-0.25, -0.2) is 4.99 Å². The summed E-state index contributed by atoms with van der Waals surface area (Å²) in [5.74, 6) is 0.853. The molecule has 0 fully saturated rings. The highest BCUT2D eigenvalue weighted by Crippen LogP contribution is 2.38. The maximum atomic E-state index is 12.0. The monoisotopic (exact) mass is 323 g/mol. The van der Waals surface area contributed by atoms with E-state index in [4.69, 9.17) is 32.2 Å². The number of carbonyl (C=O) groups excluding carboxylic acids is 1. The molecule has 118 valence electrons. The van der Waals surface area contributed by atoms with Crippen LogP contribution in [0.15, 0.2) is 17.1 Å². The molecule has 0 aliphatic carbocycles. The quantitative estimate of drug-likeness (QED) is 0.772. The molecule has 0 aromatic heterocycles. The number of nitrogens with one attached hydrogen (secondary N) is 1. The van der Waals surface area contributed by atoms with Crippen LogP contribution in [-0.2, 0) is 11.2 Å². The summed E-state index contributed by atoms with van der Waals surface area (Å²) in [7, 11) is 4.59. The second-order valence-corrected chi connectivity index (χ2v) is 5.01. The second kappa shape index (κ2) is 6.61. The lowest BCUT2D eigenvalue weighted by molar-refractivity contribution is -0.121. The largest absolute Gasteiger partial charge is 0.493 e. The molecule has 0 saturated heterocycles. The third-order valence-electron chi connectivity index (χ3n) is 3.30. The number of nitrogens with two attached hydrogens (primary N) is 1. The van der Waals surface area contributed by atoms with Crippen molar-refractivity contribution in [1.29, 1.82) is 0 Å². The summed E-state index contributed by atoms with van der Waals surface area (Å²) >= 11 is 4.83. The van der Waals surface area contributed by atoms with Crippen LogP contribution < -0.4 is 25.3 Å². The van der Waals surface area contributed by atoms with Crippen molar-refractivity contribution in [3.63, 3.8) is 0 Å². The van der Waals surface area contributed by atoms with E-state index in [-0.39, 0.29) is 16.9 Å². The van der Waals surface area contributed by atoms with Crippen molar-refractivity contribution in [3.8, 4) is 17.2 Å². The molecular formula is C14H17N3O4S. The number of thiocarbonyl (C=S) groups is 1. The van der Waals surface area contributed by atoms with Crippen molar-refractivity contribution in [2.45, 2.75) is 6.42 Å². The number of amidine groups is 1. The Morgan fingerprint density at radius 2 is 1.82 bits per heavy atom. The number of benzene rings is 1. The van der Waals surface area contributed by atoms with Gasteiger partial charge in [-0.3, -0.25) is 4.79 Å². The first-order valence-corrected chi connectivity index (χ1v) is 6.88. The van der Waals surface area contributed by atoms with Crippen LogP contribution in [0.25, 0.3) is 0 Å². The first kappa shape index (κ1) is 16.0. The average molecular weight is 323 g/mol. The van der Waals surface area contributed by atoms with E-state index in [1.807, 2.05) is 0 Å². The third kappa shape index (κ3) is 3.11. The Labute approximate surface area is 133 Å². The van der Waals surface area contributed by atoms with Crippen molar-refractivity contribution in [1.82, 2.24) is 5.32 Å². The lowest BCUT2D eigenvalue weighted by atomic mass is 9.96. The molecule has 1 heterocycles. The Balaban J connectivity index is 2.35. The van der Waals surface area contributed by atoms with E-state index in [1.165, 1.54) is 21.3 Å². The highest BCUT2D eigenvalue weighted by atomic mass is 32.1. The van der Waals surface area contributed by atoms with Crippen LogP contribution in [0.1, 0.15) is 5.56 Å². The molecule has 2 rings (SSSR count). The Morgan fingerprint density at radius 1 is 1.23 bits per heavy atom. The second-order valence-electron chi connectivity index (χ2n) is 4.62. The van der Waals surface area contributed by atoms with Crippen LogP contribution >= 0.6 is 12.2 Å². The van der Waals surface area contributed by atoms with Crippen molar-refractivity contribution in [2.24, 2.45) is 16.6 Å². The first-order chi connectivity index (χ1) is 10.5. The van der Waals surface area contributed by atoms with Gasteiger partial charge < -0.3 is 25.3 Å². The molecule has 0 saturated carbocycles. The number of nitrogens with zero attached hydrogens (tertiary/aromatic N) is 1. The highest BCUT2D eigenvalue weighted by molar-refractivity contribution is 7.80. The Hall–Kier alpha value is -2.35. The molecule has 0 bridgehead atoms. The molecule has 1 amide bonds. The van der Waals surface area contributed by atoms with Gasteiger partial charge in [0.15, 0.2) is 11.5 Å². The molecule has 1 aliphatic rings. The highest BCUT2D eigenvalue weighted by Gasteiger charge is 2.28. The Kier molecular flexibility index (Phi) is 4.81. The van der Waals surface area contributed by atoms with Crippen LogP contribution in [0.2, 0.25) is 0 Å². The van der Waals surface area contributed by atoms with Gasteiger partial charge in [-0.2, -0.15) is 0 Å². The molecule has 3 N–H and O–H groups in total. The maximum absolute atomic E-state index is 12.0. The summed E-state index contributed by atoms with van der Waals surface area (Å²) in [6.45, 7) is 0. The summed E-state index contributed by atoms with van der Waals surface area (Å²) in [5, 5.41) is 2.58. The summed E-state index contributed by atoms with van der Waals surface area (Å²) < 4.78 is 15.8. The number of ether oxygens (including phenoxy) is 3. The van der Waals surface area contributed by atoms with Crippen molar-refractivity contribution in [3.05, 3.63) is 17.7 Å². The molecule has 1 aliphatic heterocycles. The normalized spacial score (nSPS) is 17.6. The van der Waals surface area contributed by atoms with Gasteiger partial charge >= 0.3 is 0 Å². The van der Waals surface area contributed by atoms with E-state index in [0.29, 0.717) is 23.7 Å². The molecule has 0 spiro atoms. The van der Waals surface area contributed by atoms with Gasteiger partial charge in [0.1, 0.15) is 5.84 Å². The predicted octanol–water partition coefficient (Wildman–Crippen LogP) is 0.643. The smallest absolute Gasteiger partial charge is 0.237 e. The SMILES string of the molecule is COc1cc(CC2C(=O)NC(=S)N=C2N)cc(OC)c1OC.